The van der Waals surface area contributed by atoms with E-state index in [1.165, 1.54) is 12.7 Å². The van der Waals surface area contributed by atoms with Gasteiger partial charge in [-0.15, -0.1) is 0 Å². The van der Waals surface area contributed by atoms with Gasteiger partial charge in [-0.05, 0) is 25.4 Å². The van der Waals surface area contributed by atoms with E-state index >= 15 is 0 Å². The number of rotatable bonds is 3. The highest BCUT2D eigenvalue weighted by Gasteiger charge is 2.17. The molecular formula is C9H12N2O2. The minimum absolute atomic E-state index is 0.390. The Labute approximate surface area is 76.3 Å². The number of carbonyl (C=O) groups is 1. The predicted octanol–water partition coefficient (Wildman–Crippen LogP) is 0.639. The molecule has 1 aliphatic heterocycles. The Balaban J connectivity index is 1.96. The van der Waals surface area contributed by atoms with Crippen LogP contribution in [-0.2, 0) is 6.42 Å². The number of nitrogens with one attached hydrogen (secondary N) is 1. The molecule has 0 aliphatic carbocycles. The SMILES string of the molecule is O=Cc1coc(CC2CCNC2)n1. The maximum absolute atomic E-state index is 10.3. The zero-order valence-electron chi connectivity index (χ0n) is 7.32. The van der Waals surface area contributed by atoms with Crippen molar-refractivity contribution in [3.63, 3.8) is 0 Å². The van der Waals surface area contributed by atoms with E-state index in [0.29, 0.717) is 23.8 Å². The Morgan fingerprint density at radius 3 is 3.31 bits per heavy atom. The molecule has 1 aromatic heterocycles. The summed E-state index contributed by atoms with van der Waals surface area (Å²) >= 11 is 0. The first-order chi connectivity index (χ1) is 6.38. The van der Waals surface area contributed by atoms with Gasteiger partial charge in [-0.3, -0.25) is 4.79 Å². The molecule has 2 heterocycles. The summed E-state index contributed by atoms with van der Waals surface area (Å²) in [5.74, 6) is 1.29. The molecule has 4 nitrogen and oxygen atoms in total. The van der Waals surface area contributed by atoms with Gasteiger partial charge in [0.25, 0.3) is 0 Å². The fraction of sp³-hybridized carbons (Fsp3) is 0.556. The van der Waals surface area contributed by atoms with Gasteiger partial charge < -0.3 is 9.73 Å². The van der Waals surface area contributed by atoms with Gasteiger partial charge in [0, 0.05) is 6.42 Å². The highest BCUT2D eigenvalue weighted by atomic mass is 16.3. The molecule has 0 spiro atoms. The van der Waals surface area contributed by atoms with Gasteiger partial charge in [0.05, 0.1) is 0 Å². The highest BCUT2D eigenvalue weighted by molar-refractivity contribution is 5.70. The second-order valence-electron chi connectivity index (χ2n) is 3.35. The van der Waals surface area contributed by atoms with Crippen LogP contribution in [0.2, 0.25) is 0 Å². The second-order valence-corrected chi connectivity index (χ2v) is 3.35. The van der Waals surface area contributed by atoms with E-state index in [0.717, 1.165) is 19.5 Å². The number of aromatic nitrogens is 1. The Morgan fingerprint density at radius 1 is 1.77 bits per heavy atom. The van der Waals surface area contributed by atoms with Crippen LogP contribution in [-0.4, -0.2) is 24.4 Å². The summed E-state index contributed by atoms with van der Waals surface area (Å²) in [6.07, 6.45) is 4.12. The predicted molar refractivity (Wildman–Crippen MR) is 46.6 cm³/mol. The molecule has 1 N–H and O–H groups in total. The lowest BCUT2D eigenvalue weighted by molar-refractivity contribution is 0.111. The van der Waals surface area contributed by atoms with Crippen molar-refractivity contribution < 1.29 is 9.21 Å². The molecule has 0 radical (unpaired) electrons. The van der Waals surface area contributed by atoms with Crippen LogP contribution in [0.15, 0.2) is 10.7 Å². The molecular weight excluding hydrogens is 168 g/mol. The zero-order valence-corrected chi connectivity index (χ0v) is 7.32. The lowest BCUT2D eigenvalue weighted by Crippen LogP contribution is -2.10. The average Bonchev–Trinajstić information content (AvgIpc) is 2.76. The number of oxazole rings is 1. The number of hydrogen-bond acceptors (Lipinski definition) is 4. The van der Waals surface area contributed by atoms with E-state index in [9.17, 15) is 4.79 Å². The van der Waals surface area contributed by atoms with Gasteiger partial charge in [-0.25, -0.2) is 4.98 Å². The molecule has 0 aromatic carbocycles. The molecule has 1 fully saturated rings. The molecule has 1 aliphatic rings. The summed E-state index contributed by atoms with van der Waals surface area (Å²) in [4.78, 5) is 14.4. The minimum atomic E-state index is 0.390. The van der Waals surface area contributed by atoms with Crippen molar-refractivity contribution in [1.82, 2.24) is 10.3 Å². The third kappa shape index (κ3) is 1.95. The number of aldehydes is 1. The van der Waals surface area contributed by atoms with Gasteiger partial charge in [0.2, 0.25) is 0 Å². The van der Waals surface area contributed by atoms with Crippen LogP contribution < -0.4 is 5.32 Å². The topological polar surface area (TPSA) is 55.1 Å². The Hall–Kier alpha value is -1.16. The monoisotopic (exact) mass is 180 g/mol. The van der Waals surface area contributed by atoms with Gasteiger partial charge in [0.15, 0.2) is 12.2 Å². The van der Waals surface area contributed by atoms with Crippen LogP contribution in [0.3, 0.4) is 0 Å². The van der Waals surface area contributed by atoms with Crippen molar-refractivity contribution in [2.75, 3.05) is 13.1 Å². The third-order valence-electron chi connectivity index (χ3n) is 2.32. The number of carbonyl (C=O) groups excluding carboxylic acids is 1. The standard InChI is InChI=1S/C9H12N2O2/c12-5-8-6-13-9(11-8)3-7-1-2-10-4-7/h5-7,10H,1-4H2. The van der Waals surface area contributed by atoms with Crippen LogP contribution in [0.25, 0.3) is 0 Å². The summed E-state index contributed by atoms with van der Waals surface area (Å²) in [6, 6.07) is 0. The molecule has 4 heteroatoms. The first-order valence-corrected chi connectivity index (χ1v) is 4.49. The molecule has 0 bridgehead atoms. The normalized spacial score (nSPS) is 22.0. The highest BCUT2D eigenvalue weighted by Crippen LogP contribution is 2.14. The van der Waals surface area contributed by atoms with Gasteiger partial charge >= 0.3 is 0 Å². The average molecular weight is 180 g/mol. The van der Waals surface area contributed by atoms with Crippen molar-refractivity contribution in [2.24, 2.45) is 5.92 Å². The lowest BCUT2D eigenvalue weighted by Gasteiger charge is -2.02. The minimum Gasteiger partial charge on any atom is -0.448 e. The van der Waals surface area contributed by atoms with Crippen LogP contribution in [0, 0.1) is 5.92 Å². The zero-order chi connectivity index (χ0) is 9.10. The van der Waals surface area contributed by atoms with E-state index in [1.54, 1.807) is 0 Å². The largest absolute Gasteiger partial charge is 0.448 e. The summed E-state index contributed by atoms with van der Waals surface area (Å²) in [5.41, 5.74) is 0.390. The molecule has 13 heavy (non-hydrogen) atoms. The first-order valence-electron chi connectivity index (χ1n) is 4.49. The quantitative estimate of drug-likeness (QED) is 0.693. The van der Waals surface area contributed by atoms with E-state index in [-0.39, 0.29) is 0 Å². The van der Waals surface area contributed by atoms with Crippen molar-refractivity contribution in [3.8, 4) is 0 Å². The van der Waals surface area contributed by atoms with E-state index in [4.69, 9.17) is 4.42 Å². The third-order valence-corrected chi connectivity index (χ3v) is 2.32. The summed E-state index contributed by atoms with van der Waals surface area (Å²) in [6.45, 7) is 2.10. The maximum atomic E-state index is 10.3. The van der Waals surface area contributed by atoms with E-state index in [2.05, 4.69) is 10.3 Å². The molecule has 2 rings (SSSR count). The fourth-order valence-corrected chi connectivity index (χ4v) is 1.61. The summed E-state index contributed by atoms with van der Waals surface area (Å²) in [7, 11) is 0. The maximum Gasteiger partial charge on any atom is 0.194 e. The molecule has 1 unspecified atom stereocenters. The van der Waals surface area contributed by atoms with E-state index < -0.39 is 0 Å². The van der Waals surface area contributed by atoms with Crippen LogP contribution >= 0.6 is 0 Å². The van der Waals surface area contributed by atoms with Crippen molar-refractivity contribution in [2.45, 2.75) is 12.8 Å². The van der Waals surface area contributed by atoms with Crippen molar-refractivity contribution in [1.29, 1.82) is 0 Å². The Bertz CT molecular complexity index is 290. The Morgan fingerprint density at radius 2 is 2.69 bits per heavy atom. The lowest BCUT2D eigenvalue weighted by atomic mass is 10.1. The molecule has 1 saturated heterocycles. The number of hydrogen-bond donors (Lipinski definition) is 1. The van der Waals surface area contributed by atoms with Crippen LogP contribution in [0.1, 0.15) is 22.8 Å². The van der Waals surface area contributed by atoms with Crippen molar-refractivity contribution >= 4 is 6.29 Å². The summed E-state index contributed by atoms with van der Waals surface area (Å²) < 4.78 is 5.15. The molecule has 0 amide bonds. The van der Waals surface area contributed by atoms with Gasteiger partial charge in [0.1, 0.15) is 12.0 Å². The second kappa shape index (κ2) is 3.70. The number of nitrogens with zero attached hydrogens (tertiary/aromatic N) is 1. The molecule has 70 valence electrons. The molecule has 1 aromatic rings. The smallest absolute Gasteiger partial charge is 0.194 e. The van der Waals surface area contributed by atoms with E-state index in [1.807, 2.05) is 0 Å². The summed E-state index contributed by atoms with van der Waals surface area (Å²) in [5, 5.41) is 3.27. The van der Waals surface area contributed by atoms with Gasteiger partial charge in [-0.2, -0.15) is 0 Å². The van der Waals surface area contributed by atoms with Crippen LogP contribution in [0.4, 0.5) is 0 Å². The van der Waals surface area contributed by atoms with Crippen LogP contribution in [0.5, 0.6) is 0 Å². The first kappa shape index (κ1) is 8.44. The molecule has 0 saturated carbocycles. The van der Waals surface area contributed by atoms with Crippen molar-refractivity contribution in [3.05, 3.63) is 17.8 Å². The Kier molecular flexibility index (Phi) is 2.40. The van der Waals surface area contributed by atoms with Gasteiger partial charge in [-0.1, -0.05) is 0 Å². The fourth-order valence-electron chi connectivity index (χ4n) is 1.61. The molecule has 1 atom stereocenters.